The largest absolute Gasteiger partial charge is 0.315 e. The number of thiazole rings is 1. The molecule has 0 atom stereocenters. The van der Waals surface area contributed by atoms with Crippen molar-refractivity contribution in [3.8, 4) is 10.7 Å². The van der Waals surface area contributed by atoms with Crippen molar-refractivity contribution in [2.45, 2.75) is 26.8 Å². The molecule has 2 aromatic heterocycles. The number of rotatable bonds is 4. The minimum Gasteiger partial charge on any atom is -0.315 e. The van der Waals surface area contributed by atoms with E-state index in [-0.39, 0.29) is 0 Å². The molecule has 17 heavy (non-hydrogen) atoms. The topological polar surface area (TPSA) is 50.7 Å². The molecule has 0 aromatic carbocycles. The van der Waals surface area contributed by atoms with Gasteiger partial charge in [-0.1, -0.05) is 6.92 Å². The second-order valence-electron chi connectivity index (χ2n) is 3.76. The Morgan fingerprint density at radius 1 is 1.35 bits per heavy atom. The highest BCUT2D eigenvalue weighted by molar-refractivity contribution is 7.15. The molecule has 0 radical (unpaired) electrons. The Kier molecular flexibility index (Phi) is 3.81. The van der Waals surface area contributed by atoms with Crippen LogP contribution >= 0.6 is 11.3 Å². The zero-order chi connectivity index (χ0) is 12.3. The number of aryl methyl sites for hydroxylation is 2. The Bertz CT molecular complexity index is 507. The molecule has 5 heteroatoms. The van der Waals surface area contributed by atoms with Crippen LogP contribution in [0.5, 0.6) is 0 Å². The van der Waals surface area contributed by atoms with Crippen LogP contribution in [-0.4, -0.2) is 22.0 Å². The predicted octanol–water partition coefficient (Wildman–Crippen LogP) is 2.19. The van der Waals surface area contributed by atoms with E-state index in [0.717, 1.165) is 35.2 Å². The van der Waals surface area contributed by atoms with E-state index >= 15 is 0 Å². The van der Waals surface area contributed by atoms with E-state index in [1.165, 1.54) is 4.88 Å². The Hall–Kier alpha value is -1.33. The highest BCUT2D eigenvalue weighted by atomic mass is 32.1. The fraction of sp³-hybridized carbons (Fsp3) is 0.417. The molecule has 0 bridgehead atoms. The highest BCUT2D eigenvalue weighted by Gasteiger charge is 2.11. The third kappa shape index (κ3) is 2.68. The first kappa shape index (κ1) is 12.1. The first-order chi connectivity index (χ1) is 8.24. The molecule has 0 unspecified atom stereocenters. The molecule has 4 nitrogen and oxygen atoms in total. The Labute approximate surface area is 105 Å². The number of nitrogens with zero attached hydrogens (tertiary/aromatic N) is 3. The summed E-state index contributed by atoms with van der Waals surface area (Å²) in [6.07, 6.45) is 2.74. The number of aromatic nitrogens is 3. The summed E-state index contributed by atoms with van der Waals surface area (Å²) in [4.78, 5) is 14.5. The minimum absolute atomic E-state index is 0.783. The van der Waals surface area contributed by atoms with Gasteiger partial charge in [0.25, 0.3) is 0 Å². The van der Waals surface area contributed by atoms with Crippen LogP contribution in [0.3, 0.4) is 0 Å². The number of nitrogens with one attached hydrogen (secondary N) is 1. The Morgan fingerprint density at radius 2 is 2.18 bits per heavy atom. The average Bonchev–Trinajstić information content (AvgIpc) is 2.73. The van der Waals surface area contributed by atoms with Crippen molar-refractivity contribution in [2.75, 3.05) is 7.05 Å². The minimum atomic E-state index is 0.783. The third-order valence-electron chi connectivity index (χ3n) is 2.45. The molecule has 0 amide bonds. The van der Waals surface area contributed by atoms with Gasteiger partial charge < -0.3 is 5.32 Å². The standard InChI is InChI=1S/C12H16N4S/c1-4-9-11(7-13-3)17-12(16-9)10-5-6-14-8(2)15-10/h5-6,13H,4,7H2,1-3H3. The van der Waals surface area contributed by atoms with Crippen LogP contribution in [-0.2, 0) is 13.0 Å². The van der Waals surface area contributed by atoms with E-state index in [4.69, 9.17) is 0 Å². The molecule has 1 N–H and O–H groups in total. The van der Waals surface area contributed by atoms with Crippen molar-refractivity contribution in [1.82, 2.24) is 20.3 Å². The molecule has 0 saturated heterocycles. The monoisotopic (exact) mass is 248 g/mol. The van der Waals surface area contributed by atoms with Crippen LogP contribution in [0.2, 0.25) is 0 Å². The van der Waals surface area contributed by atoms with Crippen molar-refractivity contribution in [1.29, 1.82) is 0 Å². The Balaban J connectivity index is 2.39. The second-order valence-corrected chi connectivity index (χ2v) is 4.85. The van der Waals surface area contributed by atoms with Crippen LogP contribution in [0.4, 0.5) is 0 Å². The van der Waals surface area contributed by atoms with Gasteiger partial charge >= 0.3 is 0 Å². The number of hydrogen-bond donors (Lipinski definition) is 1. The zero-order valence-electron chi connectivity index (χ0n) is 10.3. The van der Waals surface area contributed by atoms with Gasteiger partial charge in [-0.05, 0) is 26.5 Å². The fourth-order valence-corrected chi connectivity index (χ4v) is 2.77. The first-order valence-corrected chi connectivity index (χ1v) is 6.49. The van der Waals surface area contributed by atoms with Crippen LogP contribution in [0.15, 0.2) is 12.3 Å². The molecule has 2 aromatic rings. The molecule has 0 aliphatic carbocycles. The summed E-state index contributed by atoms with van der Waals surface area (Å²) in [6.45, 7) is 4.89. The molecule has 0 saturated carbocycles. The van der Waals surface area contributed by atoms with Gasteiger partial charge in [-0.15, -0.1) is 11.3 Å². The van der Waals surface area contributed by atoms with Gasteiger partial charge in [0, 0.05) is 17.6 Å². The molecule has 2 rings (SSSR count). The van der Waals surface area contributed by atoms with Crippen molar-refractivity contribution >= 4 is 11.3 Å². The molecule has 0 spiro atoms. The molecule has 2 heterocycles. The summed E-state index contributed by atoms with van der Waals surface area (Å²) in [6, 6.07) is 1.91. The summed E-state index contributed by atoms with van der Waals surface area (Å²) in [7, 11) is 1.95. The maximum atomic E-state index is 4.65. The van der Waals surface area contributed by atoms with Crippen molar-refractivity contribution < 1.29 is 0 Å². The van der Waals surface area contributed by atoms with Gasteiger partial charge in [0.2, 0.25) is 0 Å². The first-order valence-electron chi connectivity index (χ1n) is 5.67. The molecule has 0 fully saturated rings. The normalized spacial score (nSPS) is 10.8. The summed E-state index contributed by atoms with van der Waals surface area (Å²) >= 11 is 1.71. The van der Waals surface area contributed by atoms with E-state index in [0.29, 0.717) is 0 Å². The third-order valence-corrected chi connectivity index (χ3v) is 3.57. The van der Waals surface area contributed by atoms with Crippen LogP contribution in [0.1, 0.15) is 23.3 Å². The lowest BCUT2D eigenvalue weighted by atomic mass is 10.3. The molecule has 90 valence electrons. The Morgan fingerprint density at radius 3 is 2.82 bits per heavy atom. The van der Waals surface area contributed by atoms with Crippen molar-refractivity contribution in [3.05, 3.63) is 28.7 Å². The maximum Gasteiger partial charge on any atom is 0.142 e. The maximum absolute atomic E-state index is 4.65. The fourth-order valence-electron chi connectivity index (χ4n) is 1.64. The molecule has 0 aliphatic rings. The average molecular weight is 248 g/mol. The van der Waals surface area contributed by atoms with E-state index < -0.39 is 0 Å². The van der Waals surface area contributed by atoms with Crippen LogP contribution < -0.4 is 5.32 Å². The van der Waals surface area contributed by atoms with Gasteiger partial charge in [-0.3, -0.25) is 0 Å². The molecule has 0 aliphatic heterocycles. The predicted molar refractivity (Wildman–Crippen MR) is 70.0 cm³/mol. The van der Waals surface area contributed by atoms with Crippen LogP contribution in [0.25, 0.3) is 10.7 Å². The second kappa shape index (κ2) is 5.33. The van der Waals surface area contributed by atoms with Gasteiger partial charge in [-0.25, -0.2) is 15.0 Å². The van der Waals surface area contributed by atoms with Gasteiger partial charge in [0.15, 0.2) is 0 Å². The summed E-state index contributed by atoms with van der Waals surface area (Å²) in [5.74, 6) is 0.783. The smallest absolute Gasteiger partial charge is 0.142 e. The van der Waals surface area contributed by atoms with Crippen molar-refractivity contribution in [2.24, 2.45) is 0 Å². The van der Waals surface area contributed by atoms with E-state index in [1.54, 1.807) is 17.5 Å². The summed E-state index contributed by atoms with van der Waals surface area (Å²) in [5, 5.41) is 4.16. The highest BCUT2D eigenvalue weighted by Crippen LogP contribution is 2.27. The lowest BCUT2D eigenvalue weighted by Crippen LogP contribution is -2.05. The van der Waals surface area contributed by atoms with E-state index in [1.807, 2.05) is 20.0 Å². The van der Waals surface area contributed by atoms with E-state index in [2.05, 4.69) is 27.2 Å². The van der Waals surface area contributed by atoms with Gasteiger partial charge in [0.05, 0.1) is 5.69 Å². The quantitative estimate of drug-likeness (QED) is 0.901. The summed E-state index contributed by atoms with van der Waals surface area (Å²) < 4.78 is 0. The SMILES string of the molecule is CCc1nc(-c2ccnc(C)n2)sc1CNC. The van der Waals surface area contributed by atoms with Crippen molar-refractivity contribution in [3.63, 3.8) is 0 Å². The molecular formula is C12H16N4S. The van der Waals surface area contributed by atoms with Gasteiger partial charge in [-0.2, -0.15) is 0 Å². The van der Waals surface area contributed by atoms with Gasteiger partial charge in [0.1, 0.15) is 16.5 Å². The van der Waals surface area contributed by atoms with E-state index in [9.17, 15) is 0 Å². The molecular weight excluding hydrogens is 232 g/mol. The van der Waals surface area contributed by atoms with Crippen LogP contribution in [0, 0.1) is 6.92 Å². The lowest BCUT2D eigenvalue weighted by molar-refractivity contribution is 0.814. The number of hydrogen-bond acceptors (Lipinski definition) is 5. The zero-order valence-corrected chi connectivity index (χ0v) is 11.1. The summed E-state index contributed by atoms with van der Waals surface area (Å²) in [5.41, 5.74) is 2.08. The lowest BCUT2D eigenvalue weighted by Gasteiger charge is -1.96.